The molecule has 33 heavy (non-hydrogen) atoms. The molecule has 8 nitrogen and oxygen atoms in total. The third-order valence-corrected chi connectivity index (χ3v) is 6.13. The third kappa shape index (κ3) is 4.62. The van der Waals surface area contributed by atoms with Crippen LogP contribution < -0.4 is 10.1 Å². The molecule has 0 bridgehead atoms. The average Bonchev–Trinajstić information content (AvgIpc) is 3.23. The van der Waals surface area contributed by atoms with E-state index in [4.69, 9.17) is 15.0 Å². The molecular weight excluding hydrogens is 422 g/mol. The summed E-state index contributed by atoms with van der Waals surface area (Å²) in [5.74, 6) is -0.812. The van der Waals surface area contributed by atoms with Gasteiger partial charge in [-0.2, -0.15) is 0 Å². The number of benzene rings is 2. The fourth-order valence-corrected chi connectivity index (χ4v) is 4.34. The van der Waals surface area contributed by atoms with Crippen molar-refractivity contribution in [3.8, 4) is 5.75 Å². The SMILES string of the molecule is [2H]c1c([2H])c(CN2CCOCC2)c([2H])c([2H])c1COc1cccc2c1CN([C@@H]1CCC(=O)NC1=O)C2=O. The molecule has 172 valence electrons. The maximum Gasteiger partial charge on any atom is 0.255 e. The van der Waals surface area contributed by atoms with E-state index < -0.39 is 11.9 Å². The Labute approximate surface area is 198 Å². The molecule has 0 unspecified atom stereocenters. The van der Waals surface area contributed by atoms with Crippen molar-refractivity contribution in [1.29, 1.82) is 0 Å². The van der Waals surface area contributed by atoms with Gasteiger partial charge in [0, 0.05) is 37.2 Å². The lowest BCUT2D eigenvalue weighted by molar-refractivity contribution is -0.136. The Bertz CT molecular complexity index is 1250. The van der Waals surface area contributed by atoms with Gasteiger partial charge >= 0.3 is 0 Å². The number of nitrogens with zero attached hydrogens (tertiary/aromatic N) is 2. The van der Waals surface area contributed by atoms with Crippen molar-refractivity contribution in [3.05, 3.63) is 64.6 Å². The number of hydrogen-bond acceptors (Lipinski definition) is 6. The van der Waals surface area contributed by atoms with Gasteiger partial charge in [0.15, 0.2) is 0 Å². The van der Waals surface area contributed by atoms with E-state index in [0.29, 0.717) is 55.3 Å². The van der Waals surface area contributed by atoms with Crippen LogP contribution in [0.15, 0.2) is 42.4 Å². The van der Waals surface area contributed by atoms with E-state index in [-0.39, 0.29) is 67.5 Å². The van der Waals surface area contributed by atoms with Crippen LogP contribution in [0, 0.1) is 0 Å². The molecule has 3 aliphatic heterocycles. The molecule has 5 rings (SSSR count). The number of nitrogens with one attached hydrogen (secondary N) is 1. The molecule has 0 aromatic heterocycles. The Morgan fingerprint density at radius 2 is 1.85 bits per heavy atom. The van der Waals surface area contributed by atoms with Crippen LogP contribution in [0.5, 0.6) is 5.75 Å². The first-order chi connectivity index (χ1) is 17.8. The standard InChI is InChI=1S/C25H27N3O5/c29-23-9-8-21(24(30)26-23)28-15-20-19(25(28)31)2-1-3-22(20)33-16-18-6-4-17(5-7-18)14-27-10-12-32-13-11-27/h1-7,21H,8-16H2,(H,26,29,30)/t21-/m1/s1/i4D,5D,6D,7D. The van der Waals surface area contributed by atoms with Gasteiger partial charge in [-0.3, -0.25) is 24.6 Å². The molecule has 2 aromatic rings. The van der Waals surface area contributed by atoms with Gasteiger partial charge in [-0.1, -0.05) is 30.2 Å². The van der Waals surface area contributed by atoms with Crippen LogP contribution in [-0.2, 0) is 34.0 Å². The molecule has 1 atom stereocenters. The number of rotatable bonds is 6. The molecule has 0 saturated carbocycles. The third-order valence-electron chi connectivity index (χ3n) is 6.13. The van der Waals surface area contributed by atoms with Gasteiger partial charge in [-0.25, -0.2) is 0 Å². The lowest BCUT2D eigenvalue weighted by Gasteiger charge is -2.29. The average molecular weight is 454 g/mol. The predicted octanol–water partition coefficient (Wildman–Crippen LogP) is 1.86. The maximum absolute atomic E-state index is 13.0. The van der Waals surface area contributed by atoms with Crippen LogP contribution in [0.3, 0.4) is 0 Å². The predicted molar refractivity (Wildman–Crippen MR) is 119 cm³/mol. The molecule has 0 spiro atoms. The number of morpholine rings is 1. The van der Waals surface area contributed by atoms with E-state index in [2.05, 4.69) is 5.32 Å². The number of carbonyl (C=O) groups excluding carboxylic acids is 3. The van der Waals surface area contributed by atoms with Crippen molar-refractivity contribution in [3.63, 3.8) is 0 Å². The van der Waals surface area contributed by atoms with Crippen molar-refractivity contribution in [2.45, 2.75) is 38.6 Å². The van der Waals surface area contributed by atoms with Gasteiger partial charge in [0.25, 0.3) is 5.91 Å². The van der Waals surface area contributed by atoms with Gasteiger partial charge in [0.2, 0.25) is 11.8 Å². The Kier molecular flexibility index (Phi) is 4.88. The fraction of sp³-hybridized carbons (Fsp3) is 0.400. The fourth-order valence-electron chi connectivity index (χ4n) is 4.34. The highest BCUT2D eigenvalue weighted by molar-refractivity contribution is 6.05. The minimum atomic E-state index is -0.749. The van der Waals surface area contributed by atoms with Gasteiger partial charge in [-0.15, -0.1) is 0 Å². The van der Waals surface area contributed by atoms with Gasteiger partial charge in [0.1, 0.15) is 18.4 Å². The maximum atomic E-state index is 13.0. The Morgan fingerprint density at radius 3 is 2.61 bits per heavy atom. The van der Waals surface area contributed by atoms with Crippen molar-refractivity contribution in [2.24, 2.45) is 0 Å². The molecular formula is C25H27N3O5. The van der Waals surface area contributed by atoms with Crippen molar-refractivity contribution in [2.75, 3.05) is 26.3 Å². The minimum Gasteiger partial charge on any atom is -0.489 e. The second-order valence-corrected chi connectivity index (χ2v) is 8.32. The first kappa shape index (κ1) is 17.3. The van der Waals surface area contributed by atoms with E-state index in [1.165, 1.54) is 4.90 Å². The second kappa shape index (κ2) is 9.33. The summed E-state index contributed by atoms with van der Waals surface area (Å²) >= 11 is 0. The van der Waals surface area contributed by atoms with Gasteiger partial charge < -0.3 is 14.4 Å². The highest BCUT2D eigenvalue weighted by Gasteiger charge is 2.40. The zero-order chi connectivity index (χ0) is 26.3. The molecule has 2 fully saturated rings. The van der Waals surface area contributed by atoms with E-state index in [9.17, 15) is 14.4 Å². The summed E-state index contributed by atoms with van der Waals surface area (Å²) in [6.45, 7) is 2.69. The zero-order valence-corrected chi connectivity index (χ0v) is 18.1. The van der Waals surface area contributed by atoms with Crippen LogP contribution >= 0.6 is 0 Å². The van der Waals surface area contributed by atoms with Gasteiger partial charge in [-0.05, 0) is 29.7 Å². The van der Waals surface area contributed by atoms with E-state index in [1.807, 2.05) is 4.90 Å². The Balaban J connectivity index is 1.35. The molecule has 2 aromatic carbocycles. The number of ether oxygens (including phenoxy) is 2. The largest absolute Gasteiger partial charge is 0.489 e. The summed E-state index contributed by atoms with van der Waals surface area (Å²) in [4.78, 5) is 40.3. The monoisotopic (exact) mass is 453 g/mol. The van der Waals surface area contributed by atoms with E-state index >= 15 is 0 Å². The summed E-state index contributed by atoms with van der Waals surface area (Å²) in [5, 5.41) is 2.28. The number of piperidine rings is 1. The molecule has 0 radical (unpaired) electrons. The van der Waals surface area contributed by atoms with Crippen LogP contribution in [0.4, 0.5) is 0 Å². The topological polar surface area (TPSA) is 88.2 Å². The number of imide groups is 1. The van der Waals surface area contributed by atoms with Crippen molar-refractivity contribution >= 4 is 17.7 Å². The molecule has 3 heterocycles. The number of hydrogen-bond donors (Lipinski definition) is 1. The smallest absolute Gasteiger partial charge is 0.255 e. The van der Waals surface area contributed by atoms with E-state index in [1.54, 1.807) is 18.2 Å². The summed E-state index contributed by atoms with van der Waals surface area (Å²) in [6, 6.07) is 3.72. The Morgan fingerprint density at radius 1 is 1.09 bits per heavy atom. The number of carbonyl (C=O) groups is 3. The van der Waals surface area contributed by atoms with Crippen LogP contribution in [0.1, 0.15) is 45.4 Å². The lowest BCUT2D eigenvalue weighted by Crippen LogP contribution is -2.52. The van der Waals surface area contributed by atoms with Crippen molar-refractivity contribution in [1.82, 2.24) is 15.1 Å². The number of amides is 3. The normalized spacial score (nSPS) is 22.8. The summed E-state index contributed by atoms with van der Waals surface area (Å²) in [7, 11) is 0. The zero-order valence-electron chi connectivity index (χ0n) is 22.1. The molecule has 8 heteroatoms. The van der Waals surface area contributed by atoms with Crippen molar-refractivity contribution < 1.29 is 29.3 Å². The lowest BCUT2D eigenvalue weighted by atomic mass is 10.0. The van der Waals surface area contributed by atoms with E-state index in [0.717, 1.165) is 0 Å². The molecule has 1 N–H and O–H groups in total. The molecule has 0 aliphatic carbocycles. The van der Waals surface area contributed by atoms with Crippen LogP contribution in [0.25, 0.3) is 0 Å². The van der Waals surface area contributed by atoms with Crippen LogP contribution in [0.2, 0.25) is 0 Å². The summed E-state index contributed by atoms with van der Waals surface area (Å²) in [6.07, 6.45) is 0.408. The number of fused-ring (bicyclic) bond motifs is 1. The minimum absolute atomic E-state index is 0.0939. The highest BCUT2D eigenvalue weighted by atomic mass is 16.5. The second-order valence-electron chi connectivity index (χ2n) is 8.32. The quantitative estimate of drug-likeness (QED) is 0.672. The summed E-state index contributed by atoms with van der Waals surface area (Å²) < 4.78 is 45.3. The highest BCUT2D eigenvalue weighted by Crippen LogP contribution is 2.34. The van der Waals surface area contributed by atoms with Crippen LogP contribution in [-0.4, -0.2) is 59.9 Å². The Hall–Kier alpha value is -3.23. The summed E-state index contributed by atoms with van der Waals surface area (Å²) in [5.41, 5.74) is 1.44. The first-order valence-corrected chi connectivity index (χ1v) is 11.0. The first-order valence-electron chi connectivity index (χ1n) is 13.0. The molecule has 3 amide bonds. The molecule has 2 saturated heterocycles. The molecule has 3 aliphatic rings. The van der Waals surface area contributed by atoms with Gasteiger partial charge in [0.05, 0.1) is 25.2 Å².